The van der Waals surface area contributed by atoms with Crippen molar-refractivity contribution in [2.24, 2.45) is 5.92 Å². The minimum atomic E-state index is 0.203. The average Bonchev–Trinajstić information content (AvgIpc) is 2.56. The van der Waals surface area contributed by atoms with Crippen molar-refractivity contribution >= 4 is 17.4 Å². The number of carbonyl (C=O) groups excluding carboxylic acids is 1. The van der Waals surface area contributed by atoms with Gasteiger partial charge in [-0.25, -0.2) is 4.98 Å². The van der Waals surface area contributed by atoms with E-state index < -0.39 is 0 Å². The summed E-state index contributed by atoms with van der Waals surface area (Å²) in [6.07, 6.45) is 6.70. The molecule has 1 N–H and O–H groups in total. The van der Waals surface area contributed by atoms with Crippen LogP contribution in [0.4, 0.5) is 11.5 Å². The molecule has 1 amide bonds. The number of hydrogen-bond acceptors (Lipinski definition) is 4. The quantitative estimate of drug-likeness (QED) is 0.922. The third-order valence-corrected chi connectivity index (χ3v) is 4.47. The molecule has 0 aliphatic carbocycles. The van der Waals surface area contributed by atoms with Gasteiger partial charge in [0, 0.05) is 32.7 Å². The molecule has 2 fully saturated rings. The number of piperidine rings is 2. The molecule has 0 spiro atoms. The summed E-state index contributed by atoms with van der Waals surface area (Å²) in [5, 5.41) is 9.31. The molecule has 1 unspecified atom stereocenters. The molecule has 2 aliphatic rings. The zero-order valence-corrected chi connectivity index (χ0v) is 12.4. The van der Waals surface area contributed by atoms with Crippen LogP contribution in [0.5, 0.6) is 0 Å². The molecule has 0 saturated carbocycles. The summed E-state index contributed by atoms with van der Waals surface area (Å²) in [7, 11) is 0. The lowest BCUT2D eigenvalue weighted by Crippen LogP contribution is -2.37. The number of carbonyl (C=O) groups is 1. The normalized spacial score (nSPS) is 23.5. The first kappa shape index (κ1) is 14.3. The maximum atomic E-state index is 11.9. The van der Waals surface area contributed by atoms with Gasteiger partial charge in [-0.2, -0.15) is 0 Å². The number of aromatic nitrogens is 1. The van der Waals surface area contributed by atoms with Crippen LogP contribution in [0.3, 0.4) is 0 Å². The second kappa shape index (κ2) is 6.43. The van der Waals surface area contributed by atoms with Crippen LogP contribution in [0, 0.1) is 5.92 Å². The van der Waals surface area contributed by atoms with E-state index >= 15 is 0 Å². The van der Waals surface area contributed by atoms with E-state index in [-0.39, 0.29) is 12.5 Å². The maximum Gasteiger partial charge on any atom is 0.227 e. The standard InChI is InChI=1S/C16H23N3O2/c20-12-13-4-3-8-18(11-13)15-7-6-14(10-17-15)19-9-2-1-5-16(19)21/h6-7,10,13,20H,1-5,8-9,11-12H2. The van der Waals surface area contributed by atoms with E-state index in [1.807, 2.05) is 17.0 Å². The fourth-order valence-electron chi connectivity index (χ4n) is 3.23. The molecule has 3 heterocycles. The first-order valence-electron chi connectivity index (χ1n) is 7.90. The minimum Gasteiger partial charge on any atom is -0.396 e. The number of amides is 1. The fourth-order valence-corrected chi connectivity index (χ4v) is 3.23. The molecule has 0 bridgehead atoms. The van der Waals surface area contributed by atoms with E-state index in [0.717, 1.165) is 56.8 Å². The molecule has 5 heteroatoms. The highest BCUT2D eigenvalue weighted by Gasteiger charge is 2.22. The molecule has 5 nitrogen and oxygen atoms in total. The molecular weight excluding hydrogens is 266 g/mol. The number of hydrogen-bond donors (Lipinski definition) is 1. The topological polar surface area (TPSA) is 56.7 Å². The van der Waals surface area contributed by atoms with Crippen molar-refractivity contribution < 1.29 is 9.90 Å². The lowest BCUT2D eigenvalue weighted by Gasteiger charge is -2.33. The van der Waals surface area contributed by atoms with Gasteiger partial charge in [0.05, 0.1) is 11.9 Å². The largest absolute Gasteiger partial charge is 0.396 e. The van der Waals surface area contributed by atoms with Crippen molar-refractivity contribution in [3.05, 3.63) is 18.3 Å². The molecule has 114 valence electrons. The van der Waals surface area contributed by atoms with Gasteiger partial charge in [0.25, 0.3) is 0 Å². The molecule has 1 aromatic heterocycles. The molecular formula is C16H23N3O2. The molecule has 0 aromatic carbocycles. The van der Waals surface area contributed by atoms with Gasteiger partial charge in [-0.15, -0.1) is 0 Å². The first-order chi connectivity index (χ1) is 10.3. The van der Waals surface area contributed by atoms with E-state index in [4.69, 9.17) is 0 Å². The van der Waals surface area contributed by atoms with Crippen LogP contribution in [0.1, 0.15) is 32.1 Å². The van der Waals surface area contributed by atoms with E-state index in [0.29, 0.717) is 12.3 Å². The zero-order valence-electron chi connectivity index (χ0n) is 12.4. The maximum absolute atomic E-state index is 11.9. The van der Waals surface area contributed by atoms with Crippen LogP contribution in [0.25, 0.3) is 0 Å². The summed E-state index contributed by atoms with van der Waals surface area (Å²) < 4.78 is 0. The number of aliphatic hydroxyl groups is 1. The second-order valence-corrected chi connectivity index (χ2v) is 6.01. The number of nitrogens with zero attached hydrogens (tertiary/aromatic N) is 3. The first-order valence-corrected chi connectivity index (χ1v) is 7.90. The summed E-state index contributed by atoms with van der Waals surface area (Å²) in [5.74, 6) is 1.50. The van der Waals surface area contributed by atoms with Gasteiger partial charge < -0.3 is 14.9 Å². The van der Waals surface area contributed by atoms with Gasteiger partial charge in [-0.05, 0) is 43.7 Å². The third kappa shape index (κ3) is 3.18. The van der Waals surface area contributed by atoms with Crippen LogP contribution in [-0.4, -0.2) is 42.2 Å². The summed E-state index contributed by atoms with van der Waals surface area (Å²) in [4.78, 5) is 20.5. The monoisotopic (exact) mass is 289 g/mol. The minimum absolute atomic E-state index is 0.203. The Kier molecular flexibility index (Phi) is 4.39. The summed E-state index contributed by atoms with van der Waals surface area (Å²) >= 11 is 0. The number of rotatable bonds is 3. The summed E-state index contributed by atoms with van der Waals surface area (Å²) in [5.41, 5.74) is 0.902. The van der Waals surface area contributed by atoms with Crippen molar-refractivity contribution in [2.75, 3.05) is 36.0 Å². The Bertz CT molecular complexity index is 489. The Balaban J connectivity index is 1.70. The van der Waals surface area contributed by atoms with Crippen LogP contribution < -0.4 is 9.80 Å². The number of pyridine rings is 1. The fraction of sp³-hybridized carbons (Fsp3) is 0.625. The Morgan fingerprint density at radius 1 is 1.24 bits per heavy atom. The van der Waals surface area contributed by atoms with Crippen LogP contribution >= 0.6 is 0 Å². The van der Waals surface area contributed by atoms with Crippen LogP contribution in [0.2, 0.25) is 0 Å². The molecule has 2 aliphatic heterocycles. The van der Waals surface area contributed by atoms with Gasteiger partial charge >= 0.3 is 0 Å². The zero-order chi connectivity index (χ0) is 14.7. The van der Waals surface area contributed by atoms with E-state index in [9.17, 15) is 9.90 Å². The molecule has 21 heavy (non-hydrogen) atoms. The summed E-state index contributed by atoms with van der Waals surface area (Å²) in [6.45, 7) is 2.91. The molecule has 1 aromatic rings. The third-order valence-electron chi connectivity index (χ3n) is 4.47. The molecule has 2 saturated heterocycles. The predicted molar refractivity (Wildman–Crippen MR) is 82.5 cm³/mol. The van der Waals surface area contributed by atoms with E-state index in [2.05, 4.69) is 9.88 Å². The Labute approximate surface area is 125 Å². The van der Waals surface area contributed by atoms with Crippen molar-refractivity contribution in [1.29, 1.82) is 0 Å². The predicted octanol–water partition coefficient (Wildman–Crippen LogP) is 1.81. The summed E-state index contributed by atoms with van der Waals surface area (Å²) in [6, 6.07) is 3.99. The number of anilines is 2. The van der Waals surface area contributed by atoms with Gasteiger partial charge in [0.1, 0.15) is 5.82 Å². The second-order valence-electron chi connectivity index (χ2n) is 6.01. The van der Waals surface area contributed by atoms with Gasteiger partial charge in [0.15, 0.2) is 0 Å². The average molecular weight is 289 g/mol. The molecule has 3 rings (SSSR count). The van der Waals surface area contributed by atoms with E-state index in [1.54, 1.807) is 6.20 Å². The van der Waals surface area contributed by atoms with Gasteiger partial charge in [-0.1, -0.05) is 0 Å². The highest BCUT2D eigenvalue weighted by atomic mass is 16.3. The molecule has 1 atom stereocenters. The highest BCUT2D eigenvalue weighted by molar-refractivity contribution is 5.93. The SMILES string of the molecule is O=C1CCCCN1c1ccc(N2CCCC(CO)C2)nc1. The smallest absolute Gasteiger partial charge is 0.227 e. The van der Waals surface area contributed by atoms with Gasteiger partial charge in [0.2, 0.25) is 5.91 Å². The Hall–Kier alpha value is -1.62. The van der Waals surface area contributed by atoms with Gasteiger partial charge in [-0.3, -0.25) is 4.79 Å². The van der Waals surface area contributed by atoms with Crippen LogP contribution in [-0.2, 0) is 4.79 Å². The Morgan fingerprint density at radius 2 is 2.14 bits per heavy atom. The molecule has 0 radical (unpaired) electrons. The lowest BCUT2D eigenvalue weighted by molar-refractivity contribution is -0.119. The Morgan fingerprint density at radius 3 is 2.86 bits per heavy atom. The van der Waals surface area contributed by atoms with E-state index in [1.165, 1.54) is 0 Å². The van der Waals surface area contributed by atoms with Crippen molar-refractivity contribution in [1.82, 2.24) is 4.98 Å². The number of aliphatic hydroxyl groups excluding tert-OH is 1. The lowest BCUT2D eigenvalue weighted by atomic mass is 9.99. The van der Waals surface area contributed by atoms with Crippen molar-refractivity contribution in [3.8, 4) is 0 Å². The van der Waals surface area contributed by atoms with Crippen molar-refractivity contribution in [3.63, 3.8) is 0 Å². The van der Waals surface area contributed by atoms with Crippen LogP contribution in [0.15, 0.2) is 18.3 Å². The highest BCUT2D eigenvalue weighted by Crippen LogP contribution is 2.25. The van der Waals surface area contributed by atoms with Crippen molar-refractivity contribution in [2.45, 2.75) is 32.1 Å².